The minimum atomic E-state index is 0.553. The van der Waals surface area contributed by atoms with Gasteiger partial charge in [-0.3, -0.25) is 0 Å². The zero-order valence-electron chi connectivity index (χ0n) is 18.1. The van der Waals surface area contributed by atoms with Crippen molar-refractivity contribution in [2.75, 3.05) is 13.7 Å². The number of unbranched alkanes of at least 4 members (excludes halogenated alkanes) is 1. The van der Waals surface area contributed by atoms with Crippen molar-refractivity contribution in [2.24, 2.45) is 0 Å². The molecule has 6 heteroatoms. The predicted molar refractivity (Wildman–Crippen MR) is 120 cm³/mol. The van der Waals surface area contributed by atoms with Gasteiger partial charge >= 0.3 is 0 Å². The van der Waals surface area contributed by atoms with E-state index in [4.69, 9.17) is 18.9 Å². The van der Waals surface area contributed by atoms with E-state index in [1.165, 1.54) is 0 Å². The van der Waals surface area contributed by atoms with Gasteiger partial charge in [-0.05, 0) is 62.6 Å². The second kappa shape index (κ2) is 9.51. The van der Waals surface area contributed by atoms with Crippen LogP contribution in [0.2, 0.25) is 0 Å². The number of ether oxygens (including phenoxy) is 2. The SMILES string of the molecule is COc1ccc(-c2nc(-c3cnc(C)[nH]3)oc2CCCCOc2ccccc2C)cc1. The summed E-state index contributed by atoms with van der Waals surface area (Å²) >= 11 is 0. The lowest BCUT2D eigenvalue weighted by atomic mass is 10.1. The molecule has 0 fully saturated rings. The molecule has 1 N–H and O–H groups in total. The number of oxazole rings is 1. The van der Waals surface area contributed by atoms with E-state index in [1.807, 2.05) is 49.4 Å². The van der Waals surface area contributed by atoms with Crippen molar-refractivity contribution in [3.63, 3.8) is 0 Å². The number of H-pyrrole nitrogens is 1. The van der Waals surface area contributed by atoms with Gasteiger partial charge in [0.15, 0.2) is 0 Å². The molecule has 0 aliphatic heterocycles. The third-order valence-corrected chi connectivity index (χ3v) is 5.14. The number of benzene rings is 2. The van der Waals surface area contributed by atoms with E-state index in [9.17, 15) is 0 Å². The van der Waals surface area contributed by atoms with Crippen molar-refractivity contribution in [3.8, 4) is 34.3 Å². The maximum atomic E-state index is 6.15. The average Bonchev–Trinajstić information content (AvgIpc) is 3.41. The molecule has 6 nitrogen and oxygen atoms in total. The number of rotatable bonds is 9. The molecule has 2 aromatic carbocycles. The normalized spacial score (nSPS) is 10.9. The van der Waals surface area contributed by atoms with Crippen LogP contribution in [0.1, 0.15) is 30.0 Å². The molecule has 0 aliphatic carbocycles. The van der Waals surface area contributed by atoms with Gasteiger partial charge in [-0.15, -0.1) is 0 Å². The molecule has 0 atom stereocenters. The first kappa shape index (κ1) is 20.7. The van der Waals surface area contributed by atoms with Gasteiger partial charge in [0.25, 0.3) is 0 Å². The number of aromatic nitrogens is 3. The smallest absolute Gasteiger partial charge is 0.245 e. The van der Waals surface area contributed by atoms with Crippen LogP contribution in [0.15, 0.2) is 59.1 Å². The molecule has 31 heavy (non-hydrogen) atoms. The molecular weight excluding hydrogens is 390 g/mol. The first-order valence-electron chi connectivity index (χ1n) is 10.5. The molecule has 2 aromatic heterocycles. The van der Waals surface area contributed by atoms with Gasteiger partial charge in [0, 0.05) is 12.0 Å². The minimum Gasteiger partial charge on any atom is -0.497 e. The van der Waals surface area contributed by atoms with E-state index in [2.05, 4.69) is 23.0 Å². The fraction of sp³-hybridized carbons (Fsp3) is 0.280. The Morgan fingerprint density at radius 3 is 2.52 bits per heavy atom. The Balaban J connectivity index is 1.47. The van der Waals surface area contributed by atoms with E-state index in [1.54, 1.807) is 13.3 Å². The van der Waals surface area contributed by atoms with Gasteiger partial charge in [0.1, 0.15) is 34.5 Å². The van der Waals surface area contributed by atoms with Gasteiger partial charge in [-0.25, -0.2) is 9.97 Å². The second-order valence-corrected chi connectivity index (χ2v) is 7.47. The summed E-state index contributed by atoms with van der Waals surface area (Å²) in [7, 11) is 1.66. The highest BCUT2D eigenvalue weighted by Gasteiger charge is 2.17. The molecule has 0 unspecified atom stereocenters. The van der Waals surface area contributed by atoms with Crippen LogP contribution in [0.4, 0.5) is 0 Å². The Labute approximate surface area is 182 Å². The highest BCUT2D eigenvalue weighted by Crippen LogP contribution is 2.30. The molecule has 4 rings (SSSR count). The number of nitrogens with one attached hydrogen (secondary N) is 1. The zero-order valence-corrected chi connectivity index (χ0v) is 18.1. The molecule has 2 heterocycles. The molecule has 160 valence electrons. The van der Waals surface area contributed by atoms with Crippen molar-refractivity contribution in [1.29, 1.82) is 0 Å². The standard InChI is InChI=1S/C25H27N3O3/c1-17-8-4-5-9-22(17)30-15-7-6-10-23-24(19-11-13-20(29-3)14-12-19)28-25(31-23)21-16-26-18(2)27-21/h4-5,8-9,11-14,16H,6-7,10,15H2,1-3H3,(H,26,27). The first-order valence-corrected chi connectivity index (χ1v) is 10.5. The molecular formula is C25H27N3O3. The number of hydrogen-bond acceptors (Lipinski definition) is 5. The Morgan fingerprint density at radius 1 is 1.00 bits per heavy atom. The first-order chi connectivity index (χ1) is 15.1. The van der Waals surface area contributed by atoms with Crippen molar-refractivity contribution in [2.45, 2.75) is 33.1 Å². The molecule has 0 amide bonds. The van der Waals surface area contributed by atoms with Crippen LogP contribution in [0.25, 0.3) is 22.8 Å². The van der Waals surface area contributed by atoms with Crippen LogP contribution < -0.4 is 9.47 Å². The fourth-order valence-corrected chi connectivity index (χ4v) is 3.43. The molecule has 0 spiro atoms. The van der Waals surface area contributed by atoms with E-state index in [-0.39, 0.29) is 0 Å². The third kappa shape index (κ3) is 4.97. The minimum absolute atomic E-state index is 0.553. The molecule has 4 aromatic rings. The van der Waals surface area contributed by atoms with Crippen molar-refractivity contribution >= 4 is 0 Å². The summed E-state index contributed by atoms with van der Waals surface area (Å²) in [5.74, 6) is 4.00. The van der Waals surface area contributed by atoms with Crippen LogP contribution in [0.3, 0.4) is 0 Å². The molecule has 0 bridgehead atoms. The zero-order chi connectivity index (χ0) is 21.6. The molecule has 0 aliphatic rings. The largest absolute Gasteiger partial charge is 0.497 e. The van der Waals surface area contributed by atoms with E-state index in [0.717, 1.165) is 64.9 Å². The van der Waals surface area contributed by atoms with Gasteiger partial charge in [-0.2, -0.15) is 0 Å². The topological polar surface area (TPSA) is 73.2 Å². The molecule has 0 radical (unpaired) electrons. The number of imidazole rings is 1. The number of nitrogens with zero attached hydrogens (tertiary/aromatic N) is 2. The van der Waals surface area contributed by atoms with Gasteiger partial charge in [-0.1, -0.05) is 18.2 Å². The maximum absolute atomic E-state index is 6.15. The summed E-state index contributed by atoms with van der Waals surface area (Å²) < 4.78 is 17.4. The quantitative estimate of drug-likeness (QED) is 0.351. The van der Waals surface area contributed by atoms with Crippen molar-refractivity contribution in [3.05, 3.63) is 71.9 Å². The highest BCUT2D eigenvalue weighted by molar-refractivity contribution is 5.65. The van der Waals surface area contributed by atoms with Crippen LogP contribution in [-0.4, -0.2) is 28.7 Å². The summed E-state index contributed by atoms with van der Waals surface area (Å²) in [5, 5.41) is 0. The number of methoxy groups -OCH3 is 1. The summed E-state index contributed by atoms with van der Waals surface area (Å²) in [5.41, 5.74) is 3.78. The maximum Gasteiger partial charge on any atom is 0.245 e. The summed E-state index contributed by atoms with van der Waals surface area (Å²) in [4.78, 5) is 12.2. The third-order valence-electron chi connectivity index (χ3n) is 5.14. The number of hydrogen-bond donors (Lipinski definition) is 1. The van der Waals surface area contributed by atoms with E-state index < -0.39 is 0 Å². The van der Waals surface area contributed by atoms with E-state index >= 15 is 0 Å². The van der Waals surface area contributed by atoms with Crippen LogP contribution in [0.5, 0.6) is 11.5 Å². The lowest BCUT2D eigenvalue weighted by Gasteiger charge is -2.08. The Kier molecular flexibility index (Phi) is 6.36. The Morgan fingerprint density at radius 2 is 1.81 bits per heavy atom. The lowest BCUT2D eigenvalue weighted by Crippen LogP contribution is -1.99. The van der Waals surface area contributed by atoms with E-state index in [0.29, 0.717) is 12.5 Å². The summed E-state index contributed by atoms with van der Waals surface area (Å²) in [6, 6.07) is 16.0. The monoisotopic (exact) mass is 417 g/mol. The number of aryl methyl sites for hydroxylation is 3. The van der Waals surface area contributed by atoms with Crippen molar-refractivity contribution in [1.82, 2.24) is 15.0 Å². The second-order valence-electron chi connectivity index (χ2n) is 7.47. The number of aromatic amines is 1. The summed E-state index contributed by atoms with van der Waals surface area (Å²) in [6.45, 7) is 4.64. The Hall–Kier alpha value is -3.54. The highest BCUT2D eigenvalue weighted by atomic mass is 16.5. The lowest BCUT2D eigenvalue weighted by molar-refractivity contribution is 0.303. The molecule has 0 saturated heterocycles. The van der Waals surface area contributed by atoms with Gasteiger partial charge < -0.3 is 18.9 Å². The van der Waals surface area contributed by atoms with Crippen LogP contribution in [-0.2, 0) is 6.42 Å². The predicted octanol–water partition coefficient (Wildman–Crippen LogP) is 5.76. The summed E-state index contributed by atoms with van der Waals surface area (Å²) in [6.07, 6.45) is 4.39. The number of para-hydroxylation sites is 1. The van der Waals surface area contributed by atoms with Crippen LogP contribution >= 0.6 is 0 Å². The average molecular weight is 418 g/mol. The molecule has 0 saturated carbocycles. The fourth-order valence-electron chi connectivity index (χ4n) is 3.43. The van der Waals surface area contributed by atoms with Crippen LogP contribution in [0, 0.1) is 13.8 Å². The van der Waals surface area contributed by atoms with Gasteiger partial charge in [0.05, 0.1) is 19.9 Å². The Bertz CT molecular complexity index is 1130. The van der Waals surface area contributed by atoms with Gasteiger partial charge in [0.2, 0.25) is 5.89 Å². The van der Waals surface area contributed by atoms with Crippen molar-refractivity contribution < 1.29 is 13.9 Å².